The fourth-order valence-electron chi connectivity index (χ4n) is 2.31. The maximum atomic E-state index is 13.8. The minimum atomic E-state index is -2.09. The van der Waals surface area contributed by atoms with Gasteiger partial charge in [0, 0.05) is 5.02 Å². The zero-order chi connectivity index (χ0) is 20.2. The fraction of sp³-hybridized carbons (Fsp3) is 0.381. The molecule has 144 valence electrons. The van der Waals surface area contributed by atoms with E-state index in [1.54, 1.807) is 6.07 Å². The fourth-order valence-corrected chi connectivity index (χ4v) is 3.70. The third-order valence-electron chi connectivity index (χ3n) is 4.96. The number of ether oxygens (including phenoxy) is 1. The summed E-state index contributed by atoms with van der Waals surface area (Å²) in [5, 5.41) is 9.86. The van der Waals surface area contributed by atoms with Crippen LogP contribution in [0.15, 0.2) is 42.5 Å². The van der Waals surface area contributed by atoms with Crippen molar-refractivity contribution in [1.82, 2.24) is 0 Å². The molecule has 6 heteroatoms. The Morgan fingerprint density at radius 3 is 2.33 bits per heavy atom. The number of nitrogens with zero attached hydrogens (tertiary/aromatic N) is 1. The highest BCUT2D eigenvalue weighted by Gasteiger charge is 2.39. The van der Waals surface area contributed by atoms with E-state index in [1.807, 2.05) is 30.3 Å². The molecule has 0 aliphatic rings. The van der Waals surface area contributed by atoms with Crippen molar-refractivity contribution in [3.05, 3.63) is 64.4 Å². The van der Waals surface area contributed by atoms with Gasteiger partial charge in [0.15, 0.2) is 8.32 Å². The van der Waals surface area contributed by atoms with Crippen LogP contribution in [-0.2, 0) is 4.43 Å². The van der Waals surface area contributed by atoms with Gasteiger partial charge in [0.1, 0.15) is 35.9 Å². The molecule has 0 radical (unpaired) electrons. The Labute approximate surface area is 166 Å². The van der Waals surface area contributed by atoms with Crippen molar-refractivity contribution < 1.29 is 13.6 Å². The van der Waals surface area contributed by atoms with Crippen LogP contribution in [0.5, 0.6) is 5.75 Å². The van der Waals surface area contributed by atoms with E-state index in [2.05, 4.69) is 33.9 Å². The third kappa shape index (κ3) is 5.32. The second kappa shape index (κ2) is 8.43. The van der Waals surface area contributed by atoms with Crippen LogP contribution in [0.25, 0.3) is 0 Å². The summed E-state index contributed by atoms with van der Waals surface area (Å²) >= 11 is 6.01. The van der Waals surface area contributed by atoms with Gasteiger partial charge < -0.3 is 9.16 Å². The van der Waals surface area contributed by atoms with Gasteiger partial charge in [-0.1, -0.05) is 50.6 Å². The maximum absolute atomic E-state index is 13.8. The van der Waals surface area contributed by atoms with Crippen LogP contribution >= 0.6 is 11.6 Å². The topological polar surface area (TPSA) is 42.2 Å². The SMILES string of the molecule is CC(C)(C)[Si](C)(C)OC(COc1cccc(F)c1C#N)c1ccc(Cl)cc1. The van der Waals surface area contributed by atoms with Crippen molar-refractivity contribution >= 4 is 19.9 Å². The molecule has 0 N–H and O–H groups in total. The van der Waals surface area contributed by atoms with Gasteiger partial charge in [-0.05, 0) is 48.0 Å². The summed E-state index contributed by atoms with van der Waals surface area (Å²) < 4.78 is 26.2. The van der Waals surface area contributed by atoms with Crippen molar-refractivity contribution in [2.45, 2.75) is 45.0 Å². The number of benzene rings is 2. The number of hydrogen-bond donors (Lipinski definition) is 0. The van der Waals surface area contributed by atoms with E-state index in [0.717, 1.165) is 5.56 Å². The Morgan fingerprint density at radius 2 is 1.78 bits per heavy atom. The van der Waals surface area contributed by atoms with Gasteiger partial charge in [-0.2, -0.15) is 5.26 Å². The zero-order valence-corrected chi connectivity index (χ0v) is 18.1. The smallest absolute Gasteiger partial charge is 0.193 e. The Morgan fingerprint density at radius 1 is 1.15 bits per heavy atom. The molecule has 1 atom stereocenters. The van der Waals surface area contributed by atoms with E-state index in [4.69, 9.17) is 20.8 Å². The van der Waals surface area contributed by atoms with Crippen LogP contribution in [0.2, 0.25) is 23.2 Å². The highest BCUT2D eigenvalue weighted by molar-refractivity contribution is 6.74. The van der Waals surface area contributed by atoms with E-state index in [-0.39, 0.29) is 29.1 Å². The lowest BCUT2D eigenvalue weighted by atomic mass is 10.1. The van der Waals surface area contributed by atoms with Crippen LogP contribution in [0, 0.1) is 17.1 Å². The van der Waals surface area contributed by atoms with Crippen LogP contribution in [0.3, 0.4) is 0 Å². The summed E-state index contributed by atoms with van der Waals surface area (Å²) in [5.41, 5.74) is 0.832. The first kappa shape index (κ1) is 21.4. The van der Waals surface area contributed by atoms with Gasteiger partial charge in [0.25, 0.3) is 0 Å². The summed E-state index contributed by atoms with van der Waals surface area (Å²) in [5.74, 6) is -0.376. The summed E-state index contributed by atoms with van der Waals surface area (Å²) in [6.07, 6.45) is -0.349. The lowest BCUT2D eigenvalue weighted by Gasteiger charge is -2.39. The standard InChI is InChI=1S/C21H25ClFNO2Si/c1-21(2,3)27(4,5)26-20(15-9-11-16(22)12-10-15)14-25-19-8-6-7-18(23)17(19)13-24/h6-12,20H,14H2,1-5H3. The number of halogens is 2. The minimum absolute atomic E-state index is 0.0222. The average Bonchev–Trinajstić information content (AvgIpc) is 2.58. The molecule has 0 heterocycles. The van der Waals surface area contributed by atoms with Crippen LogP contribution < -0.4 is 4.74 Å². The molecule has 0 fully saturated rings. The quantitative estimate of drug-likeness (QED) is 0.515. The van der Waals surface area contributed by atoms with Gasteiger partial charge >= 0.3 is 0 Å². The van der Waals surface area contributed by atoms with E-state index >= 15 is 0 Å². The van der Waals surface area contributed by atoms with Crippen LogP contribution in [0.4, 0.5) is 4.39 Å². The molecule has 0 saturated carbocycles. The Hall–Kier alpha value is -1.87. The second-order valence-electron chi connectivity index (χ2n) is 7.95. The highest BCUT2D eigenvalue weighted by atomic mass is 35.5. The molecule has 2 aromatic rings. The van der Waals surface area contributed by atoms with E-state index in [9.17, 15) is 9.65 Å². The predicted molar refractivity (Wildman–Crippen MR) is 109 cm³/mol. The molecule has 0 bridgehead atoms. The van der Waals surface area contributed by atoms with Crippen molar-refractivity contribution in [1.29, 1.82) is 5.26 Å². The normalized spacial score (nSPS) is 13.1. The molecule has 27 heavy (non-hydrogen) atoms. The Kier molecular flexibility index (Phi) is 6.69. The van der Waals surface area contributed by atoms with Crippen molar-refractivity contribution in [2.75, 3.05) is 6.61 Å². The van der Waals surface area contributed by atoms with Crippen LogP contribution in [0.1, 0.15) is 38.0 Å². The van der Waals surface area contributed by atoms with E-state index < -0.39 is 14.1 Å². The highest BCUT2D eigenvalue weighted by Crippen LogP contribution is 2.40. The van der Waals surface area contributed by atoms with E-state index in [0.29, 0.717) is 5.02 Å². The average molecular weight is 406 g/mol. The summed E-state index contributed by atoms with van der Waals surface area (Å²) in [4.78, 5) is 0. The van der Waals surface area contributed by atoms with Gasteiger partial charge in [-0.25, -0.2) is 4.39 Å². The first-order valence-corrected chi connectivity index (χ1v) is 12.1. The summed E-state index contributed by atoms with van der Waals surface area (Å²) in [7, 11) is -2.09. The molecule has 0 amide bonds. The van der Waals surface area contributed by atoms with Crippen molar-refractivity contribution in [3.63, 3.8) is 0 Å². The van der Waals surface area contributed by atoms with E-state index in [1.165, 1.54) is 12.1 Å². The maximum Gasteiger partial charge on any atom is 0.193 e. The number of rotatable bonds is 6. The number of hydrogen-bond acceptors (Lipinski definition) is 3. The second-order valence-corrected chi connectivity index (χ2v) is 13.1. The molecule has 2 aromatic carbocycles. The van der Waals surface area contributed by atoms with Gasteiger partial charge in [0.2, 0.25) is 0 Å². The monoisotopic (exact) mass is 405 g/mol. The van der Waals surface area contributed by atoms with Gasteiger partial charge in [0.05, 0.1) is 0 Å². The molecular weight excluding hydrogens is 381 g/mol. The lowest BCUT2D eigenvalue weighted by Crippen LogP contribution is -2.42. The summed E-state index contributed by atoms with van der Waals surface area (Å²) in [6, 6.07) is 13.6. The molecule has 0 saturated heterocycles. The molecule has 1 unspecified atom stereocenters. The van der Waals surface area contributed by atoms with Crippen molar-refractivity contribution in [3.8, 4) is 11.8 Å². The zero-order valence-electron chi connectivity index (χ0n) is 16.3. The molecular formula is C21H25ClFNO2Si. The first-order chi connectivity index (χ1) is 12.5. The molecule has 2 rings (SSSR count). The predicted octanol–water partition coefficient (Wildman–Crippen LogP) is 6.49. The lowest BCUT2D eigenvalue weighted by molar-refractivity contribution is 0.115. The molecule has 3 nitrogen and oxygen atoms in total. The van der Waals surface area contributed by atoms with Gasteiger partial charge in [-0.15, -0.1) is 0 Å². The molecule has 0 spiro atoms. The molecule has 0 aliphatic carbocycles. The van der Waals surface area contributed by atoms with Crippen molar-refractivity contribution in [2.24, 2.45) is 0 Å². The minimum Gasteiger partial charge on any atom is -0.489 e. The Balaban J connectivity index is 2.29. The number of nitriles is 1. The molecule has 0 aliphatic heterocycles. The Bertz CT molecular complexity index is 826. The largest absolute Gasteiger partial charge is 0.489 e. The van der Waals surface area contributed by atoms with Crippen LogP contribution in [-0.4, -0.2) is 14.9 Å². The third-order valence-corrected chi connectivity index (χ3v) is 9.70. The summed E-state index contributed by atoms with van der Waals surface area (Å²) in [6.45, 7) is 11.0. The first-order valence-electron chi connectivity index (χ1n) is 8.80. The molecule has 0 aromatic heterocycles. The van der Waals surface area contributed by atoms with Gasteiger partial charge in [-0.3, -0.25) is 0 Å².